The Morgan fingerprint density at radius 1 is 1.37 bits per heavy atom. The lowest BCUT2D eigenvalue weighted by molar-refractivity contribution is -0.149. The molecule has 0 aromatic rings. The highest BCUT2D eigenvalue weighted by molar-refractivity contribution is 5.80. The van der Waals surface area contributed by atoms with E-state index in [0.29, 0.717) is 0 Å². The number of hydrogen-bond acceptors (Lipinski definition) is 4. The highest BCUT2D eigenvalue weighted by Gasteiger charge is 2.41. The molecule has 4 heteroatoms. The summed E-state index contributed by atoms with van der Waals surface area (Å²) >= 11 is 0. The standard InChI is InChI=1S/C15H28N2O2/c1-3-9-17-10-4-7-15(8-11-17,14(18)19-2)16-12-13-5-6-13/h13,16H,3-12H2,1-2H3. The summed E-state index contributed by atoms with van der Waals surface area (Å²) in [5, 5.41) is 3.55. The summed E-state index contributed by atoms with van der Waals surface area (Å²) in [6.45, 7) is 6.44. The summed E-state index contributed by atoms with van der Waals surface area (Å²) in [4.78, 5) is 14.7. The molecule has 1 unspecified atom stereocenters. The number of methoxy groups -OCH3 is 1. The number of nitrogens with zero attached hydrogens (tertiary/aromatic N) is 1. The lowest BCUT2D eigenvalue weighted by Crippen LogP contribution is -2.53. The second kappa shape index (κ2) is 6.71. The van der Waals surface area contributed by atoms with Crippen LogP contribution in [-0.4, -0.2) is 49.7 Å². The molecule has 1 N–H and O–H groups in total. The molecule has 0 aromatic heterocycles. The van der Waals surface area contributed by atoms with Gasteiger partial charge < -0.3 is 15.0 Å². The molecule has 0 amide bonds. The molecule has 1 saturated heterocycles. The second-order valence-electron chi connectivity index (χ2n) is 6.09. The molecular weight excluding hydrogens is 240 g/mol. The Morgan fingerprint density at radius 2 is 2.16 bits per heavy atom. The van der Waals surface area contributed by atoms with Crippen LogP contribution in [0.3, 0.4) is 0 Å². The van der Waals surface area contributed by atoms with Crippen molar-refractivity contribution in [2.75, 3.05) is 33.3 Å². The zero-order chi connectivity index (χ0) is 13.7. The van der Waals surface area contributed by atoms with Gasteiger partial charge in [-0.15, -0.1) is 0 Å². The Morgan fingerprint density at radius 3 is 2.79 bits per heavy atom. The minimum Gasteiger partial charge on any atom is -0.468 e. The number of carbonyl (C=O) groups is 1. The minimum absolute atomic E-state index is 0.0634. The molecule has 110 valence electrons. The maximum absolute atomic E-state index is 12.2. The van der Waals surface area contributed by atoms with E-state index in [1.165, 1.54) is 26.4 Å². The fourth-order valence-corrected chi connectivity index (χ4v) is 3.04. The number of esters is 1. The molecular formula is C15H28N2O2. The van der Waals surface area contributed by atoms with Gasteiger partial charge in [0.2, 0.25) is 0 Å². The van der Waals surface area contributed by atoms with Crippen molar-refractivity contribution in [3.63, 3.8) is 0 Å². The monoisotopic (exact) mass is 268 g/mol. The van der Waals surface area contributed by atoms with Gasteiger partial charge in [0, 0.05) is 6.54 Å². The Labute approximate surface area is 116 Å². The van der Waals surface area contributed by atoms with Gasteiger partial charge in [-0.05, 0) is 64.1 Å². The van der Waals surface area contributed by atoms with E-state index in [2.05, 4.69) is 17.1 Å². The van der Waals surface area contributed by atoms with Crippen LogP contribution >= 0.6 is 0 Å². The van der Waals surface area contributed by atoms with E-state index >= 15 is 0 Å². The average Bonchev–Trinajstić information content (AvgIpc) is 3.24. The number of nitrogens with one attached hydrogen (secondary N) is 1. The SMILES string of the molecule is CCCN1CCCC(NCC2CC2)(C(=O)OC)CC1. The van der Waals surface area contributed by atoms with Crippen LogP contribution in [0.25, 0.3) is 0 Å². The zero-order valence-electron chi connectivity index (χ0n) is 12.4. The first-order chi connectivity index (χ1) is 9.20. The third-order valence-corrected chi connectivity index (χ3v) is 4.47. The quantitative estimate of drug-likeness (QED) is 0.746. The fraction of sp³-hybridized carbons (Fsp3) is 0.933. The topological polar surface area (TPSA) is 41.6 Å². The number of rotatable bonds is 6. The average molecular weight is 268 g/mol. The normalized spacial score (nSPS) is 28.9. The molecule has 1 aliphatic carbocycles. The lowest BCUT2D eigenvalue weighted by Gasteiger charge is -2.31. The fourth-order valence-electron chi connectivity index (χ4n) is 3.04. The largest absolute Gasteiger partial charge is 0.468 e. The van der Waals surface area contributed by atoms with Crippen LogP contribution in [0.4, 0.5) is 0 Å². The lowest BCUT2D eigenvalue weighted by atomic mass is 9.90. The predicted octanol–water partition coefficient (Wildman–Crippen LogP) is 1.79. The van der Waals surface area contributed by atoms with E-state index in [1.54, 1.807) is 0 Å². The van der Waals surface area contributed by atoms with Crippen LogP contribution in [0.5, 0.6) is 0 Å². The first-order valence-electron chi connectivity index (χ1n) is 7.76. The molecule has 0 radical (unpaired) electrons. The molecule has 0 spiro atoms. The minimum atomic E-state index is -0.431. The molecule has 2 fully saturated rings. The van der Waals surface area contributed by atoms with Crippen LogP contribution in [-0.2, 0) is 9.53 Å². The molecule has 2 aliphatic rings. The van der Waals surface area contributed by atoms with Gasteiger partial charge in [0.1, 0.15) is 5.54 Å². The molecule has 0 aromatic carbocycles. The van der Waals surface area contributed by atoms with Gasteiger partial charge >= 0.3 is 5.97 Å². The van der Waals surface area contributed by atoms with Crippen molar-refractivity contribution in [1.29, 1.82) is 0 Å². The van der Waals surface area contributed by atoms with E-state index in [4.69, 9.17) is 4.74 Å². The van der Waals surface area contributed by atoms with Crippen LogP contribution in [0.2, 0.25) is 0 Å². The molecule has 1 atom stereocenters. The van der Waals surface area contributed by atoms with E-state index in [-0.39, 0.29) is 5.97 Å². The van der Waals surface area contributed by atoms with Gasteiger partial charge in [-0.25, -0.2) is 0 Å². The van der Waals surface area contributed by atoms with Crippen molar-refractivity contribution < 1.29 is 9.53 Å². The zero-order valence-corrected chi connectivity index (χ0v) is 12.4. The number of likely N-dealkylation sites (tertiary alicyclic amines) is 1. The predicted molar refractivity (Wildman–Crippen MR) is 76.1 cm³/mol. The van der Waals surface area contributed by atoms with E-state index in [1.807, 2.05) is 0 Å². The van der Waals surface area contributed by atoms with Gasteiger partial charge in [-0.1, -0.05) is 6.92 Å². The molecule has 19 heavy (non-hydrogen) atoms. The summed E-state index contributed by atoms with van der Waals surface area (Å²) in [6.07, 6.45) is 6.67. The van der Waals surface area contributed by atoms with Crippen LogP contribution in [0.15, 0.2) is 0 Å². The maximum Gasteiger partial charge on any atom is 0.326 e. The van der Waals surface area contributed by atoms with Crippen molar-refractivity contribution in [2.24, 2.45) is 5.92 Å². The molecule has 1 aliphatic heterocycles. The summed E-state index contributed by atoms with van der Waals surface area (Å²) in [6, 6.07) is 0. The van der Waals surface area contributed by atoms with E-state index < -0.39 is 5.54 Å². The molecule has 2 rings (SSSR count). The van der Waals surface area contributed by atoms with Crippen LogP contribution in [0, 0.1) is 5.92 Å². The molecule has 4 nitrogen and oxygen atoms in total. The first kappa shape index (κ1) is 14.8. The third-order valence-electron chi connectivity index (χ3n) is 4.47. The second-order valence-corrected chi connectivity index (χ2v) is 6.09. The van der Waals surface area contributed by atoms with Gasteiger partial charge in [0.05, 0.1) is 7.11 Å². The number of ether oxygens (including phenoxy) is 1. The smallest absolute Gasteiger partial charge is 0.326 e. The first-order valence-corrected chi connectivity index (χ1v) is 7.76. The van der Waals surface area contributed by atoms with Crippen molar-refractivity contribution in [3.8, 4) is 0 Å². The highest BCUT2D eigenvalue weighted by Crippen LogP contribution is 2.30. The van der Waals surface area contributed by atoms with E-state index in [0.717, 1.165) is 51.4 Å². The van der Waals surface area contributed by atoms with Crippen molar-refractivity contribution in [1.82, 2.24) is 10.2 Å². The Balaban J connectivity index is 1.97. The maximum atomic E-state index is 12.2. The Kier molecular flexibility index (Phi) is 5.22. The van der Waals surface area contributed by atoms with Gasteiger partial charge in [0.15, 0.2) is 0 Å². The van der Waals surface area contributed by atoms with Gasteiger partial charge in [0.25, 0.3) is 0 Å². The van der Waals surface area contributed by atoms with Gasteiger partial charge in [-0.2, -0.15) is 0 Å². The summed E-state index contributed by atoms with van der Waals surface area (Å²) < 4.78 is 5.08. The summed E-state index contributed by atoms with van der Waals surface area (Å²) in [7, 11) is 1.51. The Hall–Kier alpha value is -0.610. The summed E-state index contributed by atoms with van der Waals surface area (Å²) in [5.41, 5.74) is -0.431. The number of hydrogen-bond donors (Lipinski definition) is 1. The van der Waals surface area contributed by atoms with Crippen molar-refractivity contribution in [3.05, 3.63) is 0 Å². The molecule has 0 bridgehead atoms. The summed E-state index contributed by atoms with van der Waals surface area (Å²) in [5.74, 6) is 0.725. The van der Waals surface area contributed by atoms with Gasteiger partial charge in [-0.3, -0.25) is 4.79 Å². The van der Waals surface area contributed by atoms with Crippen LogP contribution < -0.4 is 5.32 Å². The van der Waals surface area contributed by atoms with Crippen molar-refractivity contribution in [2.45, 2.75) is 51.0 Å². The van der Waals surface area contributed by atoms with E-state index in [9.17, 15) is 4.79 Å². The highest BCUT2D eigenvalue weighted by atomic mass is 16.5. The molecule has 1 heterocycles. The third kappa shape index (κ3) is 3.93. The Bertz CT molecular complexity index is 305. The van der Waals surface area contributed by atoms with Crippen LogP contribution in [0.1, 0.15) is 45.4 Å². The van der Waals surface area contributed by atoms with Crippen molar-refractivity contribution >= 4 is 5.97 Å². The number of carbonyl (C=O) groups excluding carboxylic acids is 1. The molecule has 1 saturated carbocycles.